The molecule has 4 rings (SSSR count). The van der Waals surface area contributed by atoms with E-state index in [2.05, 4.69) is 15.3 Å². The molecule has 0 aliphatic rings. The van der Waals surface area contributed by atoms with E-state index < -0.39 is 40.0 Å². The van der Waals surface area contributed by atoms with Crippen LogP contribution in [-0.4, -0.2) is 32.6 Å². The van der Waals surface area contributed by atoms with Crippen LogP contribution in [0.2, 0.25) is 5.02 Å². The number of halogens is 4. The number of aromatic nitrogens is 2. The lowest BCUT2D eigenvalue weighted by Gasteiger charge is -2.32. The molecule has 2 heterocycles. The molecular weight excluding hydrogens is 513 g/mol. The number of carboxylic acid groups (broad SMARTS) is 1. The molecule has 0 unspecified atom stereocenters. The first-order valence-electron chi connectivity index (χ1n) is 10.8. The van der Waals surface area contributed by atoms with Crippen LogP contribution in [-0.2, 0) is 0 Å². The van der Waals surface area contributed by atoms with Crippen molar-refractivity contribution in [2.24, 2.45) is 0 Å². The molecule has 8 nitrogen and oxygen atoms in total. The molecule has 0 aliphatic heterocycles. The van der Waals surface area contributed by atoms with Gasteiger partial charge in [0, 0.05) is 22.9 Å². The zero-order valence-corrected chi connectivity index (χ0v) is 20.7. The quantitative estimate of drug-likeness (QED) is 0.280. The maximum Gasteiger partial charge on any atom is 0.412 e. The molecule has 0 saturated heterocycles. The Hall–Kier alpha value is -4.12. The topological polar surface area (TPSA) is 109 Å². The maximum absolute atomic E-state index is 14.5. The van der Waals surface area contributed by atoms with Crippen LogP contribution < -0.4 is 10.2 Å². The Kier molecular flexibility index (Phi) is 6.59. The van der Waals surface area contributed by atoms with E-state index >= 15 is 0 Å². The van der Waals surface area contributed by atoms with Gasteiger partial charge in [-0.05, 0) is 57.5 Å². The molecule has 2 aromatic heterocycles. The standard InChI is InChI=1S/C25H20ClF3N4O4/c1-11-15(7-12(27)8-17(11)31-22(34)14-5-6-16(28)20(29)19(14)26)23-32-21-18(37-23)9-13(10-30-21)33(24(35)36)25(2,3)4/h5-10H,1-4H3,(H,31,34)(H,35,36). The highest BCUT2D eigenvalue weighted by Gasteiger charge is 2.29. The van der Waals surface area contributed by atoms with Crippen LogP contribution in [0.25, 0.3) is 22.7 Å². The summed E-state index contributed by atoms with van der Waals surface area (Å²) in [6.45, 7) is 6.72. The lowest BCUT2D eigenvalue weighted by atomic mass is 10.1. The normalized spacial score (nSPS) is 11.6. The van der Waals surface area contributed by atoms with Crippen LogP contribution in [0.3, 0.4) is 0 Å². The van der Waals surface area contributed by atoms with Gasteiger partial charge in [-0.2, -0.15) is 4.98 Å². The van der Waals surface area contributed by atoms with Crippen molar-refractivity contribution in [1.29, 1.82) is 0 Å². The van der Waals surface area contributed by atoms with E-state index in [1.807, 2.05) is 0 Å². The SMILES string of the molecule is Cc1c(NC(=O)c2ccc(F)c(F)c2Cl)cc(F)cc1-c1nc2ncc(N(C(=O)O)C(C)(C)C)cc2o1. The van der Waals surface area contributed by atoms with Crippen LogP contribution in [0.1, 0.15) is 36.7 Å². The summed E-state index contributed by atoms with van der Waals surface area (Å²) >= 11 is 5.76. The third-order valence-corrected chi connectivity index (χ3v) is 5.85. The summed E-state index contributed by atoms with van der Waals surface area (Å²) in [5, 5.41) is 11.4. The van der Waals surface area contributed by atoms with E-state index in [1.165, 1.54) is 12.3 Å². The summed E-state index contributed by atoms with van der Waals surface area (Å²) in [4.78, 5) is 34.0. The number of carbonyl (C=O) groups excluding carboxylic acids is 1. The first-order valence-corrected chi connectivity index (χ1v) is 11.2. The summed E-state index contributed by atoms with van der Waals surface area (Å²) in [6.07, 6.45) is 0.153. The highest BCUT2D eigenvalue weighted by molar-refractivity contribution is 6.34. The van der Waals surface area contributed by atoms with Crippen LogP contribution in [0, 0.1) is 24.4 Å². The van der Waals surface area contributed by atoms with Gasteiger partial charge in [0.2, 0.25) is 5.89 Å². The van der Waals surface area contributed by atoms with Gasteiger partial charge in [0.1, 0.15) is 5.82 Å². The van der Waals surface area contributed by atoms with Crippen molar-refractivity contribution >= 4 is 46.2 Å². The molecule has 0 radical (unpaired) electrons. The summed E-state index contributed by atoms with van der Waals surface area (Å²) in [6, 6.07) is 5.40. The van der Waals surface area contributed by atoms with Gasteiger partial charge in [0.25, 0.3) is 5.91 Å². The molecule has 0 atom stereocenters. The van der Waals surface area contributed by atoms with E-state index in [1.54, 1.807) is 27.7 Å². The van der Waals surface area contributed by atoms with Crippen molar-refractivity contribution in [2.45, 2.75) is 33.2 Å². The number of oxazole rings is 1. The number of anilines is 2. The summed E-state index contributed by atoms with van der Waals surface area (Å²) < 4.78 is 47.5. The molecule has 37 heavy (non-hydrogen) atoms. The van der Waals surface area contributed by atoms with Gasteiger partial charge in [0.05, 0.1) is 22.5 Å². The number of nitrogens with zero attached hydrogens (tertiary/aromatic N) is 3. The van der Waals surface area contributed by atoms with Crippen molar-refractivity contribution in [2.75, 3.05) is 10.2 Å². The van der Waals surface area contributed by atoms with Crippen molar-refractivity contribution < 1.29 is 32.3 Å². The number of carbonyl (C=O) groups is 2. The fourth-order valence-electron chi connectivity index (χ4n) is 3.75. The summed E-state index contributed by atoms with van der Waals surface area (Å²) in [5.41, 5.74) is -0.00631. The average Bonchev–Trinajstić information content (AvgIpc) is 3.21. The zero-order valence-electron chi connectivity index (χ0n) is 20.0. The molecule has 0 bridgehead atoms. The van der Waals surface area contributed by atoms with Crippen molar-refractivity contribution in [3.05, 3.63) is 70.1 Å². The van der Waals surface area contributed by atoms with Crippen LogP contribution >= 0.6 is 11.6 Å². The van der Waals surface area contributed by atoms with Crippen molar-refractivity contribution in [3.63, 3.8) is 0 Å². The fourth-order valence-corrected chi connectivity index (χ4v) is 3.99. The lowest BCUT2D eigenvalue weighted by Crippen LogP contribution is -2.45. The molecule has 0 aliphatic carbocycles. The number of amides is 2. The number of nitrogens with one attached hydrogen (secondary N) is 1. The third kappa shape index (κ3) is 4.94. The Morgan fingerprint density at radius 2 is 1.84 bits per heavy atom. The Labute approximate surface area is 213 Å². The Balaban J connectivity index is 1.73. The number of hydrogen-bond donors (Lipinski definition) is 2. The molecule has 2 amide bonds. The fraction of sp³-hybridized carbons (Fsp3) is 0.200. The molecule has 2 aromatic carbocycles. The zero-order chi connectivity index (χ0) is 27.2. The van der Waals surface area contributed by atoms with E-state index in [0.717, 1.165) is 29.2 Å². The Morgan fingerprint density at radius 1 is 1.14 bits per heavy atom. The minimum atomic E-state index is -1.38. The second-order valence-corrected chi connectivity index (χ2v) is 9.50. The number of fused-ring (bicyclic) bond motifs is 1. The Morgan fingerprint density at radius 3 is 2.49 bits per heavy atom. The van der Waals surface area contributed by atoms with Crippen molar-refractivity contribution in [3.8, 4) is 11.5 Å². The van der Waals surface area contributed by atoms with Gasteiger partial charge in [-0.25, -0.2) is 22.9 Å². The Bertz CT molecular complexity index is 1570. The van der Waals surface area contributed by atoms with Gasteiger partial charge < -0.3 is 14.8 Å². The summed E-state index contributed by atoms with van der Waals surface area (Å²) in [7, 11) is 0. The van der Waals surface area contributed by atoms with Gasteiger partial charge in [0.15, 0.2) is 22.9 Å². The molecule has 0 saturated carbocycles. The number of pyridine rings is 1. The van der Waals surface area contributed by atoms with Gasteiger partial charge in [-0.1, -0.05) is 11.6 Å². The first-order chi connectivity index (χ1) is 17.3. The van der Waals surface area contributed by atoms with Gasteiger partial charge in [-0.15, -0.1) is 0 Å². The second-order valence-electron chi connectivity index (χ2n) is 9.13. The maximum atomic E-state index is 14.5. The van der Waals surface area contributed by atoms with Crippen molar-refractivity contribution in [1.82, 2.24) is 9.97 Å². The minimum Gasteiger partial charge on any atom is -0.465 e. The molecular formula is C25H20ClF3N4O4. The van der Waals surface area contributed by atoms with Gasteiger partial charge in [-0.3, -0.25) is 9.69 Å². The third-order valence-electron chi connectivity index (χ3n) is 5.48. The summed E-state index contributed by atoms with van der Waals surface area (Å²) in [5.74, 6) is -4.25. The van der Waals surface area contributed by atoms with Crippen LogP contribution in [0.15, 0.2) is 40.9 Å². The number of hydrogen-bond acceptors (Lipinski definition) is 5. The highest BCUT2D eigenvalue weighted by Crippen LogP contribution is 2.34. The predicted molar refractivity (Wildman–Crippen MR) is 132 cm³/mol. The van der Waals surface area contributed by atoms with E-state index in [9.17, 15) is 27.9 Å². The largest absolute Gasteiger partial charge is 0.465 e. The van der Waals surface area contributed by atoms with Crippen LogP contribution in [0.5, 0.6) is 0 Å². The van der Waals surface area contributed by atoms with E-state index in [0.29, 0.717) is 5.56 Å². The predicted octanol–water partition coefficient (Wildman–Crippen LogP) is 6.80. The molecule has 0 fully saturated rings. The number of benzene rings is 2. The van der Waals surface area contributed by atoms with Gasteiger partial charge >= 0.3 is 6.09 Å². The minimum absolute atomic E-state index is 0.0153. The average molecular weight is 533 g/mol. The number of rotatable bonds is 4. The second kappa shape index (κ2) is 9.40. The van der Waals surface area contributed by atoms with Crippen LogP contribution in [0.4, 0.5) is 29.3 Å². The molecule has 2 N–H and O–H groups in total. The highest BCUT2D eigenvalue weighted by atomic mass is 35.5. The molecule has 4 aromatic rings. The monoisotopic (exact) mass is 532 g/mol. The molecule has 192 valence electrons. The molecule has 12 heteroatoms. The van der Waals surface area contributed by atoms with E-state index in [-0.39, 0.29) is 39.6 Å². The molecule has 0 spiro atoms. The lowest BCUT2D eigenvalue weighted by molar-refractivity contribution is 0.102. The van der Waals surface area contributed by atoms with E-state index in [4.69, 9.17) is 16.0 Å². The smallest absolute Gasteiger partial charge is 0.412 e. The first kappa shape index (κ1) is 26.0.